The van der Waals surface area contributed by atoms with Crippen molar-refractivity contribution in [3.05, 3.63) is 120 Å². The van der Waals surface area contributed by atoms with Gasteiger partial charge in [0.15, 0.2) is 5.78 Å². The van der Waals surface area contributed by atoms with E-state index in [1.807, 2.05) is 88.4 Å². The molecule has 0 aliphatic heterocycles. The van der Waals surface area contributed by atoms with Crippen LogP contribution in [0, 0.1) is 23.7 Å². The number of hydrogen-bond acceptors (Lipinski definition) is 8. The Morgan fingerprint density at radius 3 is 1.82 bits per heavy atom. The molecule has 0 unspecified atom stereocenters. The van der Waals surface area contributed by atoms with Crippen LogP contribution in [-0.4, -0.2) is 48.4 Å². The maximum Gasteiger partial charge on any atom is 0.569 e. The van der Waals surface area contributed by atoms with Crippen LogP contribution in [0.3, 0.4) is 0 Å². The Labute approximate surface area is 342 Å². The molecule has 2 aliphatic carbocycles. The molecule has 0 aromatic heterocycles. The second-order valence-corrected chi connectivity index (χ2v) is 15.1. The average molecular weight is 780 g/mol. The predicted molar refractivity (Wildman–Crippen MR) is 230 cm³/mol. The van der Waals surface area contributed by atoms with Crippen LogP contribution in [0.1, 0.15) is 117 Å². The number of carbonyl (C=O) groups excluding carboxylic acids is 4. The van der Waals surface area contributed by atoms with Gasteiger partial charge in [-0.3, -0.25) is 19.2 Å². The molecule has 0 heterocycles. The smallest absolute Gasteiger partial charge is 0.543 e. The van der Waals surface area contributed by atoms with Gasteiger partial charge in [0.25, 0.3) is 0 Å². The zero-order valence-electron chi connectivity index (χ0n) is 34.9. The molecule has 4 rings (SSSR count). The van der Waals surface area contributed by atoms with Gasteiger partial charge in [-0.15, -0.1) is 0 Å². The number of Topliss-reactive ketones (excluding diaryl/α,β-unsaturated/α-hetero) is 2. The van der Waals surface area contributed by atoms with Gasteiger partial charge in [0, 0.05) is 31.6 Å². The highest BCUT2D eigenvalue weighted by Crippen LogP contribution is 2.38. The highest BCUT2D eigenvalue weighted by Gasteiger charge is 2.37. The van der Waals surface area contributed by atoms with E-state index >= 15 is 0 Å². The van der Waals surface area contributed by atoms with Crippen LogP contribution in [0.15, 0.2) is 109 Å². The number of ether oxygens (including phenoxy) is 2. The third-order valence-corrected chi connectivity index (χ3v) is 9.22. The van der Waals surface area contributed by atoms with Crippen molar-refractivity contribution in [2.45, 2.75) is 118 Å². The molecule has 1 N–H and O–H groups in total. The summed E-state index contributed by atoms with van der Waals surface area (Å²) >= 11 is 0. The Hall–Kier alpha value is -4.76. The first-order valence-electron chi connectivity index (χ1n) is 20.4. The maximum absolute atomic E-state index is 12.4. The lowest BCUT2D eigenvalue weighted by atomic mass is 9.87. The number of carbonyl (C=O) groups is 4. The van der Waals surface area contributed by atoms with Crippen molar-refractivity contribution in [3.8, 4) is 0 Å². The van der Waals surface area contributed by atoms with Gasteiger partial charge < -0.3 is 19.2 Å². The SMILES string of the molecule is CC(C)OC(=O)CCC/C=C\CC1=C[C@H](C)CC1=O.CC(C)OC(=O)CCC/C=C\C[C@H]1C(=O)C[C@@H](C)[C@@H]1/C=C/c1ccccc1.O[B]O/C=C/c1ccccc1. The zero-order valence-corrected chi connectivity index (χ0v) is 34.9. The monoisotopic (exact) mass is 779 g/mol. The first-order chi connectivity index (χ1) is 27.4. The van der Waals surface area contributed by atoms with E-state index in [0.29, 0.717) is 56.9 Å². The first kappa shape index (κ1) is 48.4. The van der Waals surface area contributed by atoms with Gasteiger partial charge in [-0.1, -0.05) is 117 Å². The van der Waals surface area contributed by atoms with Gasteiger partial charge in [-0.05, 0) is 107 Å². The molecule has 1 radical (unpaired) electrons. The second-order valence-electron chi connectivity index (χ2n) is 15.1. The number of benzene rings is 2. The summed E-state index contributed by atoms with van der Waals surface area (Å²) in [4.78, 5) is 46.7. The van der Waals surface area contributed by atoms with E-state index in [9.17, 15) is 19.2 Å². The number of allylic oxidation sites excluding steroid dienone is 7. The minimum atomic E-state index is -0.135. The van der Waals surface area contributed by atoms with Gasteiger partial charge in [0.1, 0.15) is 5.78 Å². The standard InChI is InChI=1S/C24H32O3.C16H24O3.C8H8BO2/c1-18(2)27-24(26)14-10-5-4-9-13-22-21(19(3)17-23(22)25)16-15-20-11-7-6-8-12-20;1-12(2)19-16(18)9-7-5-4-6-8-14-10-13(3)11-15(14)17;10-9-11-7-6-8-4-2-1-3-5-8/h4,6-9,11-12,15-16,18-19,21-22H,5,10,13-14,17H2,1-3H3;4,6,10,12-13H,5,7-9,11H2,1-3H3;1-7,10H/b9-4-,16-15+;6-4-;7-6+/t19-,21+,22-;13-;/m10./s1. The van der Waals surface area contributed by atoms with Crippen LogP contribution in [0.4, 0.5) is 0 Å². The Morgan fingerprint density at radius 1 is 0.772 bits per heavy atom. The predicted octanol–water partition coefficient (Wildman–Crippen LogP) is 10.4. The fraction of sp³-hybridized carbons (Fsp3) is 0.458. The summed E-state index contributed by atoms with van der Waals surface area (Å²) in [7, 11) is 0.638. The van der Waals surface area contributed by atoms with Crippen molar-refractivity contribution in [2.24, 2.45) is 23.7 Å². The third-order valence-electron chi connectivity index (χ3n) is 9.22. The topological polar surface area (TPSA) is 116 Å². The summed E-state index contributed by atoms with van der Waals surface area (Å²) in [6.45, 7) is 11.7. The molecule has 2 aromatic carbocycles. The summed E-state index contributed by atoms with van der Waals surface area (Å²) in [6.07, 6.45) is 24.8. The lowest BCUT2D eigenvalue weighted by Gasteiger charge is -2.16. The van der Waals surface area contributed by atoms with E-state index in [1.165, 1.54) is 11.8 Å². The molecule has 1 fully saturated rings. The molecular weight excluding hydrogens is 715 g/mol. The number of esters is 2. The van der Waals surface area contributed by atoms with Crippen molar-refractivity contribution in [1.82, 2.24) is 0 Å². The quantitative estimate of drug-likeness (QED) is 0.0493. The van der Waals surface area contributed by atoms with Gasteiger partial charge in [-0.25, -0.2) is 0 Å². The Kier molecular flexibility index (Phi) is 24.3. The van der Waals surface area contributed by atoms with E-state index in [-0.39, 0.29) is 35.8 Å². The maximum atomic E-state index is 12.4. The lowest BCUT2D eigenvalue weighted by Crippen LogP contribution is -2.14. The molecule has 1 saturated carbocycles. The van der Waals surface area contributed by atoms with Crippen molar-refractivity contribution >= 4 is 43.3 Å². The van der Waals surface area contributed by atoms with Crippen LogP contribution in [0.5, 0.6) is 0 Å². The molecule has 0 spiro atoms. The molecule has 8 nitrogen and oxygen atoms in total. The Morgan fingerprint density at radius 2 is 1.32 bits per heavy atom. The van der Waals surface area contributed by atoms with Gasteiger partial charge in [-0.2, -0.15) is 0 Å². The van der Waals surface area contributed by atoms with E-state index in [4.69, 9.17) is 14.5 Å². The zero-order chi connectivity index (χ0) is 41.8. The highest BCUT2D eigenvalue weighted by atomic mass is 16.5. The fourth-order valence-electron chi connectivity index (χ4n) is 6.49. The lowest BCUT2D eigenvalue weighted by molar-refractivity contribution is -0.148. The van der Waals surface area contributed by atoms with Gasteiger partial charge >= 0.3 is 19.6 Å². The van der Waals surface area contributed by atoms with Crippen molar-refractivity contribution in [1.29, 1.82) is 0 Å². The number of rotatable bonds is 19. The number of ketones is 2. The van der Waals surface area contributed by atoms with Crippen LogP contribution in [0.25, 0.3) is 12.2 Å². The van der Waals surface area contributed by atoms with Crippen LogP contribution >= 0.6 is 0 Å². The van der Waals surface area contributed by atoms with Crippen molar-refractivity contribution < 1.29 is 38.3 Å². The number of unbranched alkanes of at least 4 members (excludes halogenated alkanes) is 2. The number of hydrogen-bond donors (Lipinski definition) is 1. The summed E-state index contributed by atoms with van der Waals surface area (Å²) in [5.41, 5.74) is 3.14. The largest absolute Gasteiger partial charge is 0.569 e. The third kappa shape index (κ3) is 21.9. The average Bonchev–Trinajstić information content (AvgIpc) is 3.64. The van der Waals surface area contributed by atoms with E-state index < -0.39 is 0 Å². The molecular formula is C48H64BO8. The van der Waals surface area contributed by atoms with E-state index in [2.05, 4.69) is 61.0 Å². The minimum absolute atomic E-state index is 0.0367. The summed E-state index contributed by atoms with van der Waals surface area (Å²) in [5.74, 6) is 1.53. The summed E-state index contributed by atoms with van der Waals surface area (Å²) in [5, 5.41) is 8.15. The molecule has 0 amide bonds. The summed E-state index contributed by atoms with van der Waals surface area (Å²) < 4.78 is 14.7. The summed E-state index contributed by atoms with van der Waals surface area (Å²) in [6, 6.07) is 19.9. The minimum Gasteiger partial charge on any atom is -0.543 e. The van der Waals surface area contributed by atoms with E-state index in [1.54, 1.807) is 6.08 Å². The molecule has 57 heavy (non-hydrogen) atoms. The molecule has 307 valence electrons. The molecule has 2 aliphatic rings. The van der Waals surface area contributed by atoms with Crippen molar-refractivity contribution in [2.75, 3.05) is 0 Å². The molecule has 4 atom stereocenters. The molecule has 2 aromatic rings. The van der Waals surface area contributed by atoms with Crippen LogP contribution in [0.2, 0.25) is 0 Å². The fourth-order valence-corrected chi connectivity index (χ4v) is 6.49. The van der Waals surface area contributed by atoms with E-state index in [0.717, 1.165) is 49.7 Å². The van der Waals surface area contributed by atoms with Crippen molar-refractivity contribution in [3.63, 3.8) is 0 Å². The van der Waals surface area contributed by atoms with Crippen LogP contribution < -0.4 is 0 Å². The Balaban J connectivity index is 0.000000323. The molecule has 0 saturated heterocycles. The Bertz CT molecular complexity index is 1620. The van der Waals surface area contributed by atoms with Crippen LogP contribution in [-0.2, 0) is 33.3 Å². The molecule has 0 bridgehead atoms. The second kappa shape index (κ2) is 28.6. The normalized spacial score (nSPS) is 19.2. The first-order valence-corrected chi connectivity index (χ1v) is 20.4. The van der Waals surface area contributed by atoms with Gasteiger partial charge in [0.2, 0.25) is 0 Å². The highest BCUT2D eigenvalue weighted by molar-refractivity contribution is 6.16. The van der Waals surface area contributed by atoms with Gasteiger partial charge in [0.05, 0.1) is 18.5 Å². The molecule has 9 heteroatoms.